The molecule has 0 aliphatic heterocycles. The predicted molar refractivity (Wildman–Crippen MR) is 53.3 cm³/mol. The Bertz CT molecular complexity index is 244. The highest BCUT2D eigenvalue weighted by atomic mass is 32.1. The number of nitrogens with one attached hydrogen (secondary N) is 1. The van der Waals surface area contributed by atoms with Crippen LogP contribution < -0.4 is 5.73 Å². The highest BCUT2D eigenvalue weighted by Crippen LogP contribution is 2.24. The average molecular weight is 185 g/mol. The van der Waals surface area contributed by atoms with Gasteiger partial charge in [0.2, 0.25) is 0 Å². The van der Waals surface area contributed by atoms with Crippen molar-refractivity contribution < 1.29 is 0 Å². The van der Waals surface area contributed by atoms with E-state index in [4.69, 9.17) is 5.73 Å². The second-order valence-electron chi connectivity index (χ2n) is 3.14. The third kappa shape index (κ3) is 2.25. The summed E-state index contributed by atoms with van der Waals surface area (Å²) in [5.74, 6) is 0. The van der Waals surface area contributed by atoms with Crippen molar-refractivity contribution >= 4 is 12.6 Å². The zero-order valence-corrected chi connectivity index (χ0v) is 8.31. The Morgan fingerprint density at radius 1 is 1.75 bits per heavy atom. The van der Waals surface area contributed by atoms with E-state index in [2.05, 4.69) is 22.6 Å². The van der Waals surface area contributed by atoms with Crippen molar-refractivity contribution in [3.8, 4) is 0 Å². The van der Waals surface area contributed by atoms with Gasteiger partial charge in [0.15, 0.2) is 0 Å². The molecule has 0 spiro atoms. The van der Waals surface area contributed by atoms with E-state index in [1.165, 1.54) is 0 Å². The van der Waals surface area contributed by atoms with Crippen molar-refractivity contribution in [3.63, 3.8) is 0 Å². The maximum atomic E-state index is 5.66. The minimum absolute atomic E-state index is 0.149. The fraction of sp³-hybridized carbons (Fsp3) is 0.625. The molecule has 0 radical (unpaired) electrons. The summed E-state index contributed by atoms with van der Waals surface area (Å²) in [6.07, 6.45) is 2.55. The lowest BCUT2D eigenvalue weighted by molar-refractivity contribution is 0.650. The fourth-order valence-electron chi connectivity index (χ4n) is 1.17. The quantitative estimate of drug-likeness (QED) is 0.624. The number of H-pyrrole nitrogens is 1. The van der Waals surface area contributed by atoms with E-state index in [-0.39, 0.29) is 11.3 Å². The first kappa shape index (κ1) is 9.61. The van der Waals surface area contributed by atoms with Gasteiger partial charge in [-0.25, -0.2) is 4.98 Å². The molecule has 1 rings (SSSR count). The molecular weight excluding hydrogens is 170 g/mol. The maximum absolute atomic E-state index is 5.66. The minimum Gasteiger partial charge on any atom is -0.348 e. The molecule has 1 aromatic heterocycles. The molecule has 0 saturated heterocycles. The molecule has 4 heteroatoms. The van der Waals surface area contributed by atoms with Gasteiger partial charge in [0.05, 0.1) is 12.0 Å². The average Bonchev–Trinajstić information content (AvgIpc) is 2.33. The summed E-state index contributed by atoms with van der Waals surface area (Å²) in [6, 6.07) is 0.170. The largest absolute Gasteiger partial charge is 0.348 e. The van der Waals surface area contributed by atoms with Crippen molar-refractivity contribution in [3.05, 3.63) is 17.7 Å². The number of thiol groups is 1. The topological polar surface area (TPSA) is 54.7 Å². The monoisotopic (exact) mass is 185 g/mol. The first-order valence-corrected chi connectivity index (χ1v) is 4.56. The first-order valence-electron chi connectivity index (χ1n) is 4.04. The van der Waals surface area contributed by atoms with Crippen LogP contribution in [0.2, 0.25) is 0 Å². The molecule has 0 aromatic carbocycles. The molecule has 1 aromatic rings. The normalized spacial score (nSPS) is 16.0. The number of rotatable bonds is 3. The van der Waals surface area contributed by atoms with Crippen molar-refractivity contribution in [1.29, 1.82) is 0 Å². The van der Waals surface area contributed by atoms with Crippen LogP contribution in [-0.2, 0) is 0 Å². The molecule has 0 aliphatic rings. The van der Waals surface area contributed by atoms with E-state index in [1.54, 1.807) is 6.33 Å². The lowest BCUT2D eigenvalue weighted by atomic mass is 10.1. The number of hydrogen-bond donors (Lipinski definition) is 3. The highest BCUT2D eigenvalue weighted by molar-refractivity contribution is 7.80. The van der Waals surface area contributed by atoms with Gasteiger partial charge >= 0.3 is 0 Å². The second-order valence-corrected chi connectivity index (χ2v) is 3.76. The zero-order chi connectivity index (χ0) is 9.14. The predicted octanol–water partition coefficient (Wildman–Crippen LogP) is 1.43. The van der Waals surface area contributed by atoms with Crippen LogP contribution in [-0.4, -0.2) is 16.0 Å². The molecule has 0 aliphatic carbocycles. The van der Waals surface area contributed by atoms with Crippen molar-refractivity contribution in [2.24, 2.45) is 5.73 Å². The molecule has 0 bridgehead atoms. The molecular formula is C8H15N3S. The van der Waals surface area contributed by atoms with Gasteiger partial charge < -0.3 is 10.7 Å². The van der Waals surface area contributed by atoms with Gasteiger partial charge in [-0.05, 0) is 20.3 Å². The van der Waals surface area contributed by atoms with Gasteiger partial charge in [-0.3, -0.25) is 0 Å². The Morgan fingerprint density at radius 2 is 2.42 bits per heavy atom. The van der Waals surface area contributed by atoms with E-state index in [0.717, 1.165) is 17.8 Å². The first-order chi connectivity index (χ1) is 5.61. The van der Waals surface area contributed by atoms with Crippen molar-refractivity contribution in [2.45, 2.75) is 31.6 Å². The number of aromatic amines is 1. The summed E-state index contributed by atoms with van der Waals surface area (Å²) in [7, 11) is 0. The summed E-state index contributed by atoms with van der Waals surface area (Å²) >= 11 is 4.43. The molecule has 68 valence electrons. The summed E-state index contributed by atoms with van der Waals surface area (Å²) in [5.41, 5.74) is 7.75. The summed E-state index contributed by atoms with van der Waals surface area (Å²) in [5, 5.41) is 0.149. The standard InChI is InChI=1S/C8H15N3S/c1-5(9)3-7(12)8-6(2)10-4-11-8/h4-5,7,12H,3,9H2,1-2H3,(H,10,11). The molecule has 3 N–H and O–H groups in total. The third-order valence-corrected chi connectivity index (χ3v) is 2.23. The van der Waals surface area contributed by atoms with Gasteiger partial charge in [0, 0.05) is 17.0 Å². The molecule has 1 heterocycles. The van der Waals surface area contributed by atoms with Crippen molar-refractivity contribution in [2.75, 3.05) is 0 Å². The molecule has 0 saturated carbocycles. The Hall–Kier alpha value is -0.480. The zero-order valence-electron chi connectivity index (χ0n) is 7.41. The Kier molecular flexibility index (Phi) is 3.17. The summed E-state index contributed by atoms with van der Waals surface area (Å²) < 4.78 is 0. The number of aromatic nitrogens is 2. The second kappa shape index (κ2) is 3.96. The molecule has 0 amide bonds. The van der Waals surface area contributed by atoms with Crippen LogP contribution >= 0.6 is 12.6 Å². The van der Waals surface area contributed by atoms with Crippen LogP contribution in [0.5, 0.6) is 0 Å². The fourth-order valence-corrected chi connectivity index (χ4v) is 1.76. The summed E-state index contributed by atoms with van der Waals surface area (Å²) in [6.45, 7) is 3.97. The van der Waals surface area contributed by atoms with Crippen LogP contribution in [0, 0.1) is 6.92 Å². The van der Waals surface area contributed by atoms with E-state index >= 15 is 0 Å². The van der Waals surface area contributed by atoms with Crippen LogP contribution in [0.4, 0.5) is 0 Å². The lowest BCUT2D eigenvalue weighted by Crippen LogP contribution is -2.17. The van der Waals surface area contributed by atoms with Crippen molar-refractivity contribution in [1.82, 2.24) is 9.97 Å². The van der Waals surface area contributed by atoms with Crippen LogP contribution in [0.1, 0.15) is 30.0 Å². The number of nitrogens with two attached hydrogens (primary N) is 1. The molecule has 0 fully saturated rings. The van der Waals surface area contributed by atoms with Crippen LogP contribution in [0.25, 0.3) is 0 Å². The van der Waals surface area contributed by atoms with Gasteiger partial charge in [0.1, 0.15) is 0 Å². The molecule has 2 unspecified atom stereocenters. The molecule has 12 heavy (non-hydrogen) atoms. The number of imidazole rings is 1. The van der Waals surface area contributed by atoms with E-state index in [0.29, 0.717) is 0 Å². The lowest BCUT2D eigenvalue weighted by Gasteiger charge is -2.11. The van der Waals surface area contributed by atoms with E-state index in [9.17, 15) is 0 Å². The number of nitrogens with zero attached hydrogens (tertiary/aromatic N) is 1. The number of hydrogen-bond acceptors (Lipinski definition) is 3. The van der Waals surface area contributed by atoms with Gasteiger partial charge in [0.25, 0.3) is 0 Å². The van der Waals surface area contributed by atoms with Crippen LogP contribution in [0.3, 0.4) is 0 Å². The molecule has 2 atom stereocenters. The van der Waals surface area contributed by atoms with Gasteiger partial charge in [-0.15, -0.1) is 0 Å². The summed E-state index contributed by atoms with van der Waals surface area (Å²) in [4.78, 5) is 7.20. The third-order valence-electron chi connectivity index (χ3n) is 1.78. The number of aryl methyl sites for hydroxylation is 1. The van der Waals surface area contributed by atoms with E-state index < -0.39 is 0 Å². The SMILES string of the molecule is Cc1[nH]cnc1C(S)CC(C)N. The van der Waals surface area contributed by atoms with Crippen LogP contribution in [0.15, 0.2) is 6.33 Å². The Morgan fingerprint density at radius 3 is 2.83 bits per heavy atom. The Balaban J connectivity index is 2.65. The van der Waals surface area contributed by atoms with E-state index in [1.807, 2.05) is 13.8 Å². The van der Waals surface area contributed by atoms with Gasteiger partial charge in [-0.1, -0.05) is 0 Å². The highest BCUT2D eigenvalue weighted by Gasteiger charge is 2.13. The maximum Gasteiger partial charge on any atom is 0.0925 e. The van der Waals surface area contributed by atoms with Gasteiger partial charge in [-0.2, -0.15) is 12.6 Å². The minimum atomic E-state index is 0.149. The Labute approximate surface area is 78.2 Å². The molecule has 3 nitrogen and oxygen atoms in total. The smallest absolute Gasteiger partial charge is 0.0925 e.